The van der Waals surface area contributed by atoms with Gasteiger partial charge in [-0.25, -0.2) is 0 Å². The fourth-order valence-electron chi connectivity index (χ4n) is 1.39. The Kier molecular flexibility index (Phi) is 3.27. The molecular formula is C7H7N3O6S. The van der Waals surface area contributed by atoms with Gasteiger partial charge in [0.2, 0.25) is 15.2 Å². The predicted molar refractivity (Wildman–Crippen MR) is 56.7 cm³/mol. The minimum absolute atomic E-state index is 0.104. The lowest BCUT2D eigenvalue weighted by molar-refractivity contribution is -0.495. The zero-order chi connectivity index (χ0) is 13.3. The molecular weight excluding hydrogens is 254 g/mol. The summed E-state index contributed by atoms with van der Waals surface area (Å²) in [6.45, 7) is 1.33. The largest absolute Gasteiger partial charge is 0.396 e. The molecule has 0 heterocycles. The third-order valence-electron chi connectivity index (χ3n) is 2.19. The summed E-state index contributed by atoms with van der Waals surface area (Å²) in [5.74, 6) is 0. The van der Waals surface area contributed by atoms with Crippen molar-refractivity contribution >= 4 is 15.2 Å². The van der Waals surface area contributed by atoms with Crippen molar-refractivity contribution in [3.05, 3.63) is 43.3 Å². The van der Waals surface area contributed by atoms with Crippen molar-refractivity contribution in [2.24, 2.45) is 5.73 Å². The average molecular weight is 261 g/mol. The van der Waals surface area contributed by atoms with Gasteiger partial charge >= 0.3 is 0 Å². The molecule has 0 amide bonds. The van der Waals surface area contributed by atoms with E-state index in [1.807, 2.05) is 0 Å². The van der Waals surface area contributed by atoms with Gasteiger partial charge < -0.3 is 5.73 Å². The zero-order valence-corrected chi connectivity index (χ0v) is 9.30. The van der Waals surface area contributed by atoms with Crippen molar-refractivity contribution in [3.8, 4) is 0 Å². The maximum absolute atomic E-state index is 10.9. The topological polar surface area (TPSA) is 146 Å². The Bertz CT molecular complexity index is 591. The predicted octanol–water partition coefficient (Wildman–Crippen LogP) is -0.910. The van der Waals surface area contributed by atoms with E-state index in [4.69, 9.17) is 5.73 Å². The van der Waals surface area contributed by atoms with Gasteiger partial charge in [0.1, 0.15) is 0 Å². The van der Waals surface area contributed by atoms with Crippen LogP contribution in [0, 0.1) is 20.2 Å². The van der Waals surface area contributed by atoms with E-state index in [2.05, 4.69) is 0 Å². The number of nitrogens with zero attached hydrogens (tertiary/aromatic N) is 2. The molecule has 0 saturated carbocycles. The SMILES string of the molecule is CC1=C(N)C([N+](=O)[O-])C(=S(=O)=O)C([N+](=O)[O-])=C1. The molecule has 1 atom stereocenters. The third-order valence-corrected chi connectivity index (χ3v) is 2.98. The quantitative estimate of drug-likeness (QED) is 0.384. The summed E-state index contributed by atoms with van der Waals surface area (Å²) < 4.78 is 21.7. The van der Waals surface area contributed by atoms with Gasteiger partial charge in [-0.2, -0.15) is 8.42 Å². The number of hydrogen-bond donors (Lipinski definition) is 1. The molecule has 1 aliphatic rings. The summed E-state index contributed by atoms with van der Waals surface area (Å²) >= 11 is 0. The van der Waals surface area contributed by atoms with E-state index in [-0.39, 0.29) is 11.3 Å². The maximum Gasteiger partial charge on any atom is 0.298 e. The lowest BCUT2D eigenvalue weighted by atomic mass is 9.97. The first-order valence-electron chi connectivity index (χ1n) is 4.19. The summed E-state index contributed by atoms with van der Waals surface area (Å²) in [6.07, 6.45) is 0.903. The van der Waals surface area contributed by atoms with Crippen LogP contribution in [0.1, 0.15) is 6.92 Å². The van der Waals surface area contributed by atoms with Gasteiger partial charge in [0, 0.05) is 11.0 Å². The van der Waals surface area contributed by atoms with Gasteiger partial charge in [-0.15, -0.1) is 0 Å². The monoisotopic (exact) mass is 261 g/mol. The van der Waals surface area contributed by atoms with Crippen LogP contribution in [0.4, 0.5) is 0 Å². The molecule has 1 unspecified atom stereocenters. The van der Waals surface area contributed by atoms with Gasteiger partial charge in [-0.1, -0.05) is 0 Å². The number of allylic oxidation sites excluding steroid dienone is 2. The highest BCUT2D eigenvalue weighted by atomic mass is 32.2. The maximum atomic E-state index is 10.9. The Morgan fingerprint density at radius 3 is 2.24 bits per heavy atom. The van der Waals surface area contributed by atoms with Crippen LogP contribution < -0.4 is 5.73 Å². The van der Waals surface area contributed by atoms with E-state index in [1.165, 1.54) is 6.92 Å². The lowest BCUT2D eigenvalue weighted by Gasteiger charge is -2.14. The molecule has 0 radical (unpaired) electrons. The number of rotatable bonds is 2. The highest BCUT2D eigenvalue weighted by Crippen LogP contribution is 2.21. The second-order valence-corrected chi connectivity index (χ2v) is 4.12. The van der Waals surface area contributed by atoms with Gasteiger partial charge in [0.05, 0.1) is 10.6 Å². The van der Waals surface area contributed by atoms with E-state index in [0.717, 1.165) is 6.08 Å². The number of nitro groups is 2. The molecule has 2 N–H and O–H groups in total. The first kappa shape index (κ1) is 12.8. The van der Waals surface area contributed by atoms with Crippen LogP contribution in [0.3, 0.4) is 0 Å². The fraction of sp³-hybridized carbons (Fsp3) is 0.286. The van der Waals surface area contributed by atoms with Crippen LogP contribution in [0.2, 0.25) is 0 Å². The minimum Gasteiger partial charge on any atom is -0.396 e. The van der Waals surface area contributed by atoms with Crippen molar-refractivity contribution in [3.63, 3.8) is 0 Å². The summed E-state index contributed by atoms with van der Waals surface area (Å²) in [6, 6.07) is -1.90. The van der Waals surface area contributed by atoms with Crippen LogP contribution in [-0.2, 0) is 10.3 Å². The van der Waals surface area contributed by atoms with Crippen LogP contribution in [0.25, 0.3) is 0 Å². The van der Waals surface area contributed by atoms with E-state index in [0.29, 0.717) is 0 Å². The summed E-state index contributed by atoms with van der Waals surface area (Å²) in [7, 11) is -3.09. The molecule has 1 aliphatic carbocycles. The first-order valence-corrected chi connectivity index (χ1v) is 5.27. The van der Waals surface area contributed by atoms with Crippen molar-refractivity contribution in [2.45, 2.75) is 13.0 Å². The van der Waals surface area contributed by atoms with Crippen molar-refractivity contribution in [1.29, 1.82) is 0 Å². The molecule has 1 rings (SSSR count). The number of nitrogens with two attached hydrogens (primary N) is 1. The minimum atomic E-state index is -3.09. The average Bonchev–Trinajstić information content (AvgIpc) is 2.19. The van der Waals surface area contributed by atoms with Gasteiger partial charge in [-0.3, -0.25) is 20.2 Å². The van der Waals surface area contributed by atoms with Crippen LogP contribution in [0.15, 0.2) is 23.0 Å². The highest BCUT2D eigenvalue weighted by molar-refractivity contribution is 7.73. The number of hydrogen-bond acceptors (Lipinski definition) is 7. The Labute approximate surface area is 96.1 Å². The third kappa shape index (κ3) is 2.15. The molecule has 0 spiro atoms. The molecule has 9 nitrogen and oxygen atoms in total. The Morgan fingerprint density at radius 1 is 1.35 bits per heavy atom. The molecule has 0 bridgehead atoms. The smallest absolute Gasteiger partial charge is 0.298 e. The summed E-state index contributed by atoms with van der Waals surface area (Å²) in [5, 5.41) is 21.4. The van der Waals surface area contributed by atoms with Gasteiger partial charge in [0.25, 0.3) is 11.7 Å². The molecule has 0 fully saturated rings. The molecule has 0 aromatic carbocycles. The Hall–Kier alpha value is -2.23. The van der Waals surface area contributed by atoms with Crippen LogP contribution >= 0.6 is 0 Å². The van der Waals surface area contributed by atoms with Gasteiger partial charge in [-0.05, 0) is 12.5 Å². The highest BCUT2D eigenvalue weighted by Gasteiger charge is 2.43. The van der Waals surface area contributed by atoms with Crippen molar-refractivity contribution in [1.82, 2.24) is 0 Å². The second kappa shape index (κ2) is 4.33. The molecule has 0 aromatic heterocycles. The lowest BCUT2D eigenvalue weighted by Crippen LogP contribution is -2.41. The van der Waals surface area contributed by atoms with E-state index in [9.17, 15) is 28.6 Å². The van der Waals surface area contributed by atoms with Gasteiger partial charge in [0.15, 0.2) is 0 Å². The van der Waals surface area contributed by atoms with Crippen molar-refractivity contribution in [2.75, 3.05) is 0 Å². The van der Waals surface area contributed by atoms with E-state index < -0.39 is 36.7 Å². The molecule has 0 aromatic rings. The standard InChI is InChI=1S/C7H7N3O6S/c1-3-2-4(9(11)12)7(17(15)16)6(5(3)8)10(13)14/h2,6H,8H2,1H3. The Balaban J connectivity index is 3.66. The van der Waals surface area contributed by atoms with Crippen LogP contribution in [0.5, 0.6) is 0 Å². The normalized spacial score (nSPS) is 19.9. The molecule has 0 saturated heterocycles. The van der Waals surface area contributed by atoms with Crippen molar-refractivity contribution < 1.29 is 18.3 Å². The molecule has 92 valence electrons. The first-order chi connectivity index (χ1) is 7.77. The van der Waals surface area contributed by atoms with Crippen LogP contribution in [-0.4, -0.2) is 29.2 Å². The Morgan fingerprint density at radius 2 is 1.88 bits per heavy atom. The molecule has 10 heteroatoms. The van der Waals surface area contributed by atoms with E-state index >= 15 is 0 Å². The second-order valence-electron chi connectivity index (χ2n) is 3.21. The fourth-order valence-corrected chi connectivity index (χ4v) is 2.08. The zero-order valence-electron chi connectivity index (χ0n) is 8.48. The van der Waals surface area contributed by atoms with E-state index in [1.54, 1.807) is 0 Å². The summed E-state index contributed by atoms with van der Waals surface area (Å²) in [5.41, 5.74) is 4.35. The summed E-state index contributed by atoms with van der Waals surface area (Å²) in [4.78, 5) is 18.5. The molecule has 0 aliphatic heterocycles. The molecule has 17 heavy (non-hydrogen) atoms.